The molecule has 2 rings (SSSR count). The van der Waals surface area contributed by atoms with Gasteiger partial charge in [-0.1, -0.05) is 51.6 Å². The number of amides is 1. The average molecular weight is 496 g/mol. The van der Waals surface area contributed by atoms with Gasteiger partial charge in [-0.2, -0.15) is 4.31 Å². The predicted octanol–water partition coefficient (Wildman–Crippen LogP) is 4.34. The van der Waals surface area contributed by atoms with Crippen LogP contribution in [0.1, 0.15) is 67.3 Å². The zero-order chi connectivity index (χ0) is 24.8. The molecule has 1 aromatic heterocycles. The van der Waals surface area contributed by atoms with Gasteiger partial charge in [0.1, 0.15) is 0 Å². The first kappa shape index (κ1) is 27.3. The first-order valence-corrected chi connectivity index (χ1v) is 13.9. The van der Waals surface area contributed by atoms with Crippen LogP contribution >= 0.6 is 11.8 Å². The van der Waals surface area contributed by atoms with E-state index in [1.165, 1.54) is 16.1 Å². The number of carbonyl (C=O) groups is 1. The monoisotopic (exact) mass is 495 g/mol. The lowest BCUT2D eigenvalue weighted by molar-refractivity contribution is -0.120. The maximum Gasteiger partial charge on any atom is 0.243 e. The number of carbonyl (C=O) groups excluding carboxylic acids is 1. The summed E-state index contributed by atoms with van der Waals surface area (Å²) in [6, 6.07) is 6.91. The molecule has 1 unspecified atom stereocenters. The summed E-state index contributed by atoms with van der Waals surface area (Å²) < 4.78 is 29.4. The Kier molecular flexibility index (Phi) is 9.51. The van der Waals surface area contributed by atoms with Crippen molar-refractivity contribution in [3.8, 4) is 11.4 Å². The lowest BCUT2D eigenvalue weighted by Gasteiger charge is -2.24. The highest BCUT2D eigenvalue weighted by molar-refractivity contribution is 7.99. The normalized spacial score (nSPS) is 13.3. The minimum Gasteiger partial charge on any atom is -0.351 e. The molecule has 0 fully saturated rings. The Bertz CT molecular complexity index is 1050. The highest BCUT2D eigenvalue weighted by atomic mass is 32.2. The van der Waals surface area contributed by atoms with Crippen LogP contribution in [0.15, 0.2) is 34.3 Å². The van der Waals surface area contributed by atoms with Crippen LogP contribution < -0.4 is 5.32 Å². The summed E-state index contributed by atoms with van der Waals surface area (Å²) in [6.07, 6.45) is 1.68. The summed E-state index contributed by atoms with van der Waals surface area (Å²) in [7, 11) is -3.59. The molecule has 2 aromatic rings. The summed E-state index contributed by atoms with van der Waals surface area (Å²) in [5.74, 6) is 0.770. The van der Waals surface area contributed by atoms with Crippen molar-refractivity contribution < 1.29 is 13.2 Å². The van der Waals surface area contributed by atoms with Crippen molar-refractivity contribution >= 4 is 27.7 Å². The number of rotatable bonds is 12. The summed E-state index contributed by atoms with van der Waals surface area (Å²) in [5, 5.41) is 12.4. The Morgan fingerprint density at radius 3 is 2.42 bits per heavy atom. The number of aromatic nitrogens is 3. The first-order chi connectivity index (χ1) is 15.5. The van der Waals surface area contributed by atoms with Crippen LogP contribution in [-0.2, 0) is 14.8 Å². The Balaban J connectivity index is 2.39. The second-order valence-electron chi connectivity index (χ2n) is 8.62. The molecule has 10 heteroatoms. The van der Waals surface area contributed by atoms with Crippen LogP contribution in [-0.4, -0.2) is 57.8 Å². The quantitative estimate of drug-likeness (QED) is 0.440. The maximum atomic E-state index is 13.0. The van der Waals surface area contributed by atoms with Crippen molar-refractivity contribution in [3.63, 3.8) is 0 Å². The van der Waals surface area contributed by atoms with Gasteiger partial charge in [0.2, 0.25) is 15.9 Å². The van der Waals surface area contributed by atoms with Gasteiger partial charge in [0.25, 0.3) is 0 Å². The van der Waals surface area contributed by atoms with E-state index in [0.717, 1.165) is 12.8 Å². The molecule has 0 saturated carbocycles. The lowest BCUT2D eigenvalue weighted by Crippen LogP contribution is -2.43. The van der Waals surface area contributed by atoms with E-state index in [-0.39, 0.29) is 28.1 Å². The third-order valence-electron chi connectivity index (χ3n) is 5.83. The molecule has 33 heavy (non-hydrogen) atoms. The molecule has 1 aromatic carbocycles. The van der Waals surface area contributed by atoms with E-state index < -0.39 is 10.0 Å². The zero-order valence-corrected chi connectivity index (χ0v) is 22.4. The molecular formula is C23H37N5O3S2. The largest absolute Gasteiger partial charge is 0.351 e. The highest BCUT2D eigenvalue weighted by Gasteiger charge is 2.25. The Labute approximate surface area is 202 Å². The topological polar surface area (TPSA) is 97.2 Å². The van der Waals surface area contributed by atoms with Gasteiger partial charge in [0.15, 0.2) is 11.0 Å². The standard InChI is InChI=1S/C23H37N5O3S2/c1-8-17(5)28-21(25-26-22(28)32-16-20(29)24-23(6,7)9-2)18-13-12-14-19(15-18)33(30,31)27(10-3)11-4/h12-15,17H,8-11,16H2,1-7H3,(H,24,29). The fourth-order valence-corrected chi connectivity index (χ4v) is 5.63. The van der Waals surface area contributed by atoms with Crippen molar-refractivity contribution in [3.05, 3.63) is 24.3 Å². The van der Waals surface area contributed by atoms with Gasteiger partial charge < -0.3 is 5.32 Å². The van der Waals surface area contributed by atoms with Crippen molar-refractivity contribution in [2.24, 2.45) is 0 Å². The lowest BCUT2D eigenvalue weighted by atomic mass is 10.0. The molecule has 0 bridgehead atoms. The van der Waals surface area contributed by atoms with Crippen molar-refractivity contribution in [2.45, 2.75) is 82.9 Å². The summed E-state index contributed by atoms with van der Waals surface area (Å²) in [6.45, 7) is 14.6. The molecule has 8 nitrogen and oxygen atoms in total. The second-order valence-corrected chi connectivity index (χ2v) is 11.5. The third-order valence-corrected chi connectivity index (χ3v) is 8.81. The number of sulfonamides is 1. The molecule has 1 heterocycles. The number of benzene rings is 1. The van der Waals surface area contributed by atoms with Crippen LogP contribution in [0.3, 0.4) is 0 Å². The maximum absolute atomic E-state index is 13.0. The van der Waals surface area contributed by atoms with E-state index in [1.54, 1.807) is 18.2 Å². The summed E-state index contributed by atoms with van der Waals surface area (Å²) in [5.41, 5.74) is 0.420. The van der Waals surface area contributed by atoms with E-state index in [4.69, 9.17) is 0 Å². The Morgan fingerprint density at radius 1 is 1.18 bits per heavy atom. The number of hydrogen-bond donors (Lipinski definition) is 1. The highest BCUT2D eigenvalue weighted by Crippen LogP contribution is 2.30. The fourth-order valence-electron chi connectivity index (χ4n) is 3.29. The molecule has 1 atom stereocenters. The Morgan fingerprint density at radius 2 is 1.85 bits per heavy atom. The van der Waals surface area contributed by atoms with Gasteiger partial charge in [0, 0.05) is 30.2 Å². The first-order valence-electron chi connectivity index (χ1n) is 11.5. The van der Waals surface area contributed by atoms with E-state index in [9.17, 15) is 13.2 Å². The molecule has 0 aliphatic carbocycles. The van der Waals surface area contributed by atoms with Gasteiger partial charge in [-0.3, -0.25) is 9.36 Å². The van der Waals surface area contributed by atoms with E-state index >= 15 is 0 Å². The SMILES string of the molecule is CCC(C)n1c(SCC(=O)NC(C)(C)CC)nnc1-c1cccc(S(=O)(=O)N(CC)CC)c1. The van der Waals surface area contributed by atoms with Crippen LogP contribution in [0.25, 0.3) is 11.4 Å². The van der Waals surface area contributed by atoms with Crippen LogP contribution in [0.5, 0.6) is 0 Å². The molecule has 0 aliphatic rings. The van der Waals surface area contributed by atoms with Crippen LogP contribution in [0.4, 0.5) is 0 Å². The van der Waals surface area contributed by atoms with E-state index in [0.29, 0.717) is 29.6 Å². The van der Waals surface area contributed by atoms with Gasteiger partial charge in [-0.25, -0.2) is 8.42 Å². The van der Waals surface area contributed by atoms with E-state index in [2.05, 4.69) is 29.4 Å². The van der Waals surface area contributed by atoms with Gasteiger partial charge >= 0.3 is 0 Å². The second kappa shape index (κ2) is 11.5. The minimum atomic E-state index is -3.59. The predicted molar refractivity (Wildman–Crippen MR) is 134 cm³/mol. The average Bonchev–Trinajstić information content (AvgIpc) is 3.21. The minimum absolute atomic E-state index is 0.0561. The molecule has 1 amide bonds. The number of thioether (sulfide) groups is 1. The Hall–Kier alpha value is -1.91. The zero-order valence-electron chi connectivity index (χ0n) is 20.8. The number of nitrogens with zero attached hydrogens (tertiary/aromatic N) is 4. The molecule has 0 radical (unpaired) electrons. The molecule has 1 N–H and O–H groups in total. The van der Waals surface area contributed by atoms with Crippen molar-refractivity contribution in [2.75, 3.05) is 18.8 Å². The molecule has 0 saturated heterocycles. The van der Waals surface area contributed by atoms with Crippen molar-refractivity contribution in [1.29, 1.82) is 0 Å². The smallest absolute Gasteiger partial charge is 0.243 e. The molecule has 0 spiro atoms. The molecule has 0 aliphatic heterocycles. The van der Waals surface area contributed by atoms with Gasteiger partial charge in [-0.05, 0) is 45.7 Å². The van der Waals surface area contributed by atoms with Gasteiger partial charge in [0.05, 0.1) is 10.6 Å². The van der Waals surface area contributed by atoms with Crippen LogP contribution in [0, 0.1) is 0 Å². The van der Waals surface area contributed by atoms with Gasteiger partial charge in [-0.15, -0.1) is 10.2 Å². The number of nitrogens with one attached hydrogen (secondary N) is 1. The summed E-state index contributed by atoms with van der Waals surface area (Å²) in [4.78, 5) is 12.7. The van der Waals surface area contributed by atoms with Crippen LogP contribution in [0.2, 0.25) is 0 Å². The fraction of sp³-hybridized carbons (Fsp3) is 0.609. The summed E-state index contributed by atoms with van der Waals surface area (Å²) >= 11 is 1.34. The van der Waals surface area contributed by atoms with Crippen molar-refractivity contribution in [1.82, 2.24) is 24.4 Å². The van der Waals surface area contributed by atoms with E-state index in [1.807, 2.05) is 45.3 Å². The number of hydrogen-bond acceptors (Lipinski definition) is 6. The molecular weight excluding hydrogens is 458 g/mol. The molecule has 184 valence electrons. The third kappa shape index (κ3) is 6.58.